The number of hydrazine groups is 1. The van der Waals surface area contributed by atoms with Crippen LogP contribution in [0.4, 0.5) is 8.78 Å². The molecule has 1 amide bonds. The molecule has 296 valence electrons. The number of aliphatic imine (C=N–C) groups is 2. The van der Waals surface area contributed by atoms with Gasteiger partial charge in [0.2, 0.25) is 5.91 Å². The van der Waals surface area contributed by atoms with E-state index in [2.05, 4.69) is 22.6 Å². The van der Waals surface area contributed by atoms with Gasteiger partial charge < -0.3 is 4.74 Å². The van der Waals surface area contributed by atoms with Crippen LogP contribution in [0.15, 0.2) is 155 Å². The normalized spacial score (nSPS) is 16.7. The monoisotopic (exact) mass is 785 g/mol. The summed E-state index contributed by atoms with van der Waals surface area (Å²) in [6, 6.07) is 29.2. The van der Waals surface area contributed by atoms with E-state index < -0.39 is 0 Å². The highest BCUT2D eigenvalue weighted by molar-refractivity contribution is 6.16. The first-order valence-electron chi connectivity index (χ1n) is 20.2. The molecular weight excluding hydrogens is 741 g/mol. The van der Waals surface area contributed by atoms with Crippen LogP contribution in [0.3, 0.4) is 0 Å². The quantitative estimate of drug-likeness (QED) is 0.145. The number of hydrogen-bond acceptors (Lipinski definition) is 6. The highest BCUT2D eigenvalue weighted by Gasteiger charge is 2.21. The van der Waals surface area contributed by atoms with Crippen molar-refractivity contribution < 1.29 is 18.3 Å². The molecule has 7 nitrogen and oxygen atoms in total. The summed E-state index contributed by atoms with van der Waals surface area (Å²) in [5.41, 5.74) is 13.8. The number of nitrogens with one attached hydrogen (secondary N) is 1. The molecule has 0 aliphatic carbocycles. The van der Waals surface area contributed by atoms with E-state index in [9.17, 15) is 4.79 Å². The summed E-state index contributed by atoms with van der Waals surface area (Å²) in [7, 11) is 0. The summed E-state index contributed by atoms with van der Waals surface area (Å²) in [5, 5.41) is 1.77. The van der Waals surface area contributed by atoms with Crippen LogP contribution in [0.2, 0.25) is 0 Å². The highest BCUT2D eigenvalue weighted by atomic mass is 19.1. The predicted octanol–water partition coefficient (Wildman–Crippen LogP) is 10.4. The number of carbonyl (C=O) groups is 1. The minimum atomic E-state index is -0.331. The van der Waals surface area contributed by atoms with Gasteiger partial charge >= 0.3 is 0 Å². The lowest BCUT2D eigenvalue weighted by Crippen LogP contribution is -2.42. The van der Waals surface area contributed by atoms with Gasteiger partial charge in [-0.15, -0.1) is 0 Å². The molecule has 5 aromatic rings. The Kier molecular flexibility index (Phi) is 12.1. The van der Waals surface area contributed by atoms with Crippen molar-refractivity contribution in [3.63, 3.8) is 0 Å². The standard InChI is InChI=1S/C50H45F2N5O2/c1-2-59-47-17-4-3-16-42(47)44-30-36(19-21-46(44)52)28-39-13-8-24-55-50(39)41-15-9-25-57(33-41)56-48(58)31-34-10-5-11-37(26-34)43-29-35(18-20-45(43)51)27-38-12-7-23-54-49(38)40-14-6-22-53-32-40/h3-6,9-11,14-22,25-30,32H,2,7-8,12-13,23-24,31,33H2,1H3,(H,56,58). The van der Waals surface area contributed by atoms with Crippen LogP contribution in [-0.4, -0.2) is 53.6 Å². The van der Waals surface area contributed by atoms with E-state index in [0.717, 1.165) is 82.6 Å². The molecular formula is C50H45F2N5O2. The van der Waals surface area contributed by atoms with Crippen molar-refractivity contribution in [2.75, 3.05) is 26.2 Å². The average molecular weight is 786 g/mol. The Balaban J connectivity index is 0.944. The Morgan fingerprint density at radius 2 is 1.49 bits per heavy atom. The molecule has 59 heavy (non-hydrogen) atoms. The molecule has 0 bridgehead atoms. The number of aromatic nitrogens is 1. The number of nitrogens with zero attached hydrogens (tertiary/aromatic N) is 4. The Morgan fingerprint density at radius 1 is 0.780 bits per heavy atom. The number of allylic oxidation sites excluding steroid dienone is 4. The van der Waals surface area contributed by atoms with Gasteiger partial charge in [-0.3, -0.25) is 30.2 Å². The number of para-hydroxylation sites is 1. The van der Waals surface area contributed by atoms with Gasteiger partial charge in [0.05, 0.1) is 31.0 Å². The molecule has 1 N–H and O–H groups in total. The van der Waals surface area contributed by atoms with Gasteiger partial charge in [-0.1, -0.05) is 60.7 Å². The average Bonchev–Trinajstić information content (AvgIpc) is 3.26. The van der Waals surface area contributed by atoms with Crippen molar-refractivity contribution in [3.8, 4) is 28.0 Å². The van der Waals surface area contributed by atoms with Crippen molar-refractivity contribution in [3.05, 3.63) is 178 Å². The van der Waals surface area contributed by atoms with E-state index in [1.807, 2.05) is 104 Å². The van der Waals surface area contributed by atoms with Gasteiger partial charge in [0.1, 0.15) is 17.4 Å². The maximum atomic E-state index is 15.4. The van der Waals surface area contributed by atoms with Gasteiger partial charge in [0.25, 0.3) is 0 Å². The van der Waals surface area contributed by atoms with Gasteiger partial charge in [0, 0.05) is 53.9 Å². The van der Waals surface area contributed by atoms with Crippen LogP contribution in [0, 0.1) is 11.6 Å². The Morgan fingerprint density at radius 3 is 2.25 bits per heavy atom. The lowest BCUT2D eigenvalue weighted by atomic mass is 9.92. The number of ether oxygens (including phenoxy) is 1. The first kappa shape index (κ1) is 39.1. The van der Waals surface area contributed by atoms with Crippen molar-refractivity contribution in [2.45, 2.75) is 39.0 Å². The fraction of sp³-hybridized carbons (Fsp3) is 0.200. The molecule has 0 unspecified atom stereocenters. The fourth-order valence-electron chi connectivity index (χ4n) is 7.81. The molecule has 4 aromatic carbocycles. The zero-order valence-electron chi connectivity index (χ0n) is 33.0. The van der Waals surface area contributed by atoms with E-state index in [1.54, 1.807) is 23.3 Å². The van der Waals surface area contributed by atoms with Crippen LogP contribution >= 0.6 is 0 Å². The van der Waals surface area contributed by atoms with Crippen molar-refractivity contribution >= 4 is 29.5 Å². The zero-order valence-corrected chi connectivity index (χ0v) is 33.0. The predicted molar refractivity (Wildman–Crippen MR) is 233 cm³/mol. The van der Waals surface area contributed by atoms with E-state index in [0.29, 0.717) is 47.7 Å². The van der Waals surface area contributed by atoms with Crippen LogP contribution in [-0.2, 0) is 11.2 Å². The zero-order chi connectivity index (χ0) is 40.6. The maximum Gasteiger partial charge on any atom is 0.242 e. The number of amides is 1. The Labute approximate surface area is 343 Å². The minimum absolute atomic E-state index is 0.110. The van der Waals surface area contributed by atoms with Crippen molar-refractivity contribution in [2.24, 2.45) is 9.98 Å². The van der Waals surface area contributed by atoms with Crippen LogP contribution in [0.1, 0.15) is 54.9 Å². The SMILES string of the molecule is CCOc1ccccc1-c1cc(C=C2CCCN=C2C2=CC=CN(NC(=O)Cc3cccc(-c4cc(C=C5CCCN=C5c5cccnc5)ccc4F)c3)C2)ccc1F. The molecule has 0 fully saturated rings. The van der Waals surface area contributed by atoms with E-state index in [4.69, 9.17) is 14.7 Å². The van der Waals surface area contributed by atoms with Gasteiger partial charge in [0.15, 0.2) is 0 Å². The molecule has 0 spiro atoms. The van der Waals surface area contributed by atoms with E-state index in [-0.39, 0.29) is 24.0 Å². The van der Waals surface area contributed by atoms with E-state index >= 15 is 8.78 Å². The second kappa shape index (κ2) is 18.2. The third-order valence-electron chi connectivity index (χ3n) is 10.5. The molecule has 0 saturated heterocycles. The molecule has 0 saturated carbocycles. The molecule has 3 aliphatic heterocycles. The summed E-state index contributed by atoms with van der Waals surface area (Å²) in [6.45, 7) is 4.29. The van der Waals surface area contributed by atoms with Crippen LogP contribution < -0.4 is 10.2 Å². The minimum Gasteiger partial charge on any atom is -0.493 e. The highest BCUT2D eigenvalue weighted by Crippen LogP contribution is 2.34. The summed E-state index contributed by atoms with van der Waals surface area (Å²) in [6.07, 6.45) is 17.2. The summed E-state index contributed by atoms with van der Waals surface area (Å²) in [5.74, 6) is -0.200. The summed E-state index contributed by atoms with van der Waals surface area (Å²) < 4.78 is 36.4. The second-order valence-electron chi connectivity index (χ2n) is 14.7. The van der Waals surface area contributed by atoms with E-state index in [1.165, 1.54) is 12.1 Å². The summed E-state index contributed by atoms with van der Waals surface area (Å²) in [4.78, 5) is 27.4. The third-order valence-corrected chi connectivity index (χ3v) is 10.5. The first-order chi connectivity index (χ1) is 28.9. The molecule has 1 aromatic heterocycles. The van der Waals surface area contributed by atoms with Gasteiger partial charge in [-0.25, -0.2) is 8.78 Å². The molecule has 9 heteroatoms. The molecule has 0 atom stereocenters. The van der Waals surface area contributed by atoms with Gasteiger partial charge in [-0.2, -0.15) is 0 Å². The first-order valence-corrected chi connectivity index (χ1v) is 20.2. The van der Waals surface area contributed by atoms with Crippen molar-refractivity contribution in [1.82, 2.24) is 15.4 Å². The molecule has 3 aliphatic rings. The Hall–Kier alpha value is -6.74. The lowest BCUT2D eigenvalue weighted by molar-refractivity contribution is -0.124. The molecule has 8 rings (SSSR count). The Bertz CT molecular complexity index is 2550. The number of hydrogen-bond donors (Lipinski definition) is 1. The molecule has 4 heterocycles. The number of halogens is 2. The number of carbonyl (C=O) groups excluding carboxylic acids is 1. The third kappa shape index (κ3) is 9.36. The summed E-state index contributed by atoms with van der Waals surface area (Å²) >= 11 is 0. The number of benzene rings is 4. The maximum absolute atomic E-state index is 15.4. The largest absolute Gasteiger partial charge is 0.493 e. The smallest absolute Gasteiger partial charge is 0.242 e. The fourth-order valence-corrected chi connectivity index (χ4v) is 7.81. The van der Waals surface area contributed by atoms with Crippen molar-refractivity contribution in [1.29, 1.82) is 0 Å². The number of rotatable bonds is 11. The van der Waals surface area contributed by atoms with Crippen LogP contribution in [0.5, 0.6) is 5.75 Å². The molecule has 0 radical (unpaired) electrons. The topological polar surface area (TPSA) is 79.2 Å². The van der Waals surface area contributed by atoms with Crippen LogP contribution in [0.25, 0.3) is 34.4 Å². The lowest BCUT2D eigenvalue weighted by Gasteiger charge is -2.28. The second-order valence-corrected chi connectivity index (χ2v) is 14.7. The number of pyridine rings is 1. The van der Waals surface area contributed by atoms with Gasteiger partial charge in [-0.05, 0) is 132 Å².